The molecule has 1 N–H and O–H groups in total. The average Bonchev–Trinajstić information content (AvgIpc) is 2.79. The fourth-order valence-corrected chi connectivity index (χ4v) is 3.23. The first-order valence-corrected chi connectivity index (χ1v) is 7.98. The van der Waals surface area contributed by atoms with E-state index in [-0.39, 0.29) is 24.8 Å². The number of aliphatic hydroxyl groups is 1. The Bertz CT molecular complexity index is 720. The van der Waals surface area contributed by atoms with Crippen LogP contribution in [0.5, 0.6) is 5.75 Å². The third-order valence-corrected chi connectivity index (χ3v) is 4.45. The van der Waals surface area contributed by atoms with Crippen molar-refractivity contribution in [2.45, 2.75) is 27.3 Å². The SMILES string of the molecule is CCOc1ccc(/N=c2/sc(C(C)=O)c(C)n2CCO)cc1.Cl. The van der Waals surface area contributed by atoms with E-state index in [4.69, 9.17) is 4.74 Å². The van der Waals surface area contributed by atoms with Gasteiger partial charge in [-0.3, -0.25) is 4.79 Å². The van der Waals surface area contributed by atoms with Crippen LogP contribution in [0.25, 0.3) is 0 Å². The summed E-state index contributed by atoms with van der Waals surface area (Å²) < 4.78 is 7.28. The number of thiazole rings is 1. The highest BCUT2D eigenvalue weighted by Crippen LogP contribution is 2.19. The highest BCUT2D eigenvalue weighted by molar-refractivity contribution is 7.11. The molecule has 5 nitrogen and oxygen atoms in total. The molecule has 0 atom stereocenters. The van der Waals surface area contributed by atoms with Crippen LogP contribution in [0, 0.1) is 6.92 Å². The molecule has 0 bridgehead atoms. The van der Waals surface area contributed by atoms with Gasteiger partial charge < -0.3 is 14.4 Å². The van der Waals surface area contributed by atoms with Gasteiger partial charge in [-0.05, 0) is 38.1 Å². The van der Waals surface area contributed by atoms with E-state index in [9.17, 15) is 9.90 Å². The van der Waals surface area contributed by atoms with Crippen molar-refractivity contribution in [3.8, 4) is 5.75 Å². The van der Waals surface area contributed by atoms with Crippen molar-refractivity contribution < 1.29 is 14.6 Å². The van der Waals surface area contributed by atoms with Gasteiger partial charge in [-0.2, -0.15) is 0 Å². The molecule has 1 aromatic carbocycles. The summed E-state index contributed by atoms with van der Waals surface area (Å²) >= 11 is 1.35. The van der Waals surface area contributed by atoms with Crippen LogP contribution in [-0.2, 0) is 6.54 Å². The van der Waals surface area contributed by atoms with E-state index in [0.29, 0.717) is 22.8 Å². The van der Waals surface area contributed by atoms with Crippen LogP contribution in [0.1, 0.15) is 29.2 Å². The molecule has 0 aliphatic rings. The van der Waals surface area contributed by atoms with E-state index in [0.717, 1.165) is 17.1 Å². The van der Waals surface area contributed by atoms with Crippen LogP contribution < -0.4 is 9.54 Å². The number of ether oxygens (including phenoxy) is 1. The van der Waals surface area contributed by atoms with Crippen molar-refractivity contribution in [1.29, 1.82) is 0 Å². The lowest BCUT2D eigenvalue weighted by Gasteiger charge is -2.04. The molecule has 0 aliphatic carbocycles. The third kappa shape index (κ3) is 4.67. The molecule has 0 aliphatic heterocycles. The molecule has 2 rings (SSSR count). The summed E-state index contributed by atoms with van der Waals surface area (Å²) in [7, 11) is 0. The normalized spacial score (nSPS) is 11.2. The first-order chi connectivity index (χ1) is 10.6. The predicted molar refractivity (Wildman–Crippen MR) is 94.2 cm³/mol. The van der Waals surface area contributed by atoms with Gasteiger partial charge >= 0.3 is 0 Å². The molecule has 0 fully saturated rings. The fraction of sp³-hybridized carbons (Fsp3) is 0.375. The quantitative estimate of drug-likeness (QED) is 0.809. The number of aliphatic hydroxyl groups excluding tert-OH is 1. The highest BCUT2D eigenvalue weighted by Gasteiger charge is 2.13. The molecular formula is C16H21ClN2O3S. The molecule has 1 aromatic heterocycles. The summed E-state index contributed by atoms with van der Waals surface area (Å²) in [5, 5.41) is 9.22. The Hall–Kier alpha value is -1.63. The van der Waals surface area contributed by atoms with E-state index in [1.807, 2.05) is 42.7 Å². The lowest BCUT2D eigenvalue weighted by atomic mass is 10.3. The summed E-state index contributed by atoms with van der Waals surface area (Å²) in [6.45, 7) is 6.41. The number of rotatable bonds is 6. The second kappa shape index (κ2) is 8.86. The number of carbonyl (C=O) groups excluding carboxylic acids is 1. The van der Waals surface area contributed by atoms with Crippen LogP contribution in [0.2, 0.25) is 0 Å². The van der Waals surface area contributed by atoms with Gasteiger partial charge in [0.25, 0.3) is 0 Å². The molecule has 0 spiro atoms. The van der Waals surface area contributed by atoms with Gasteiger partial charge in [0, 0.05) is 19.2 Å². The Morgan fingerprint density at radius 3 is 2.52 bits per heavy atom. The van der Waals surface area contributed by atoms with Crippen molar-refractivity contribution in [2.75, 3.05) is 13.2 Å². The zero-order chi connectivity index (χ0) is 16.1. The Kier molecular flexibility index (Phi) is 7.48. The number of carbonyl (C=O) groups is 1. The summed E-state index contributed by atoms with van der Waals surface area (Å²) in [5.41, 5.74) is 1.63. The number of nitrogens with zero attached hydrogens (tertiary/aromatic N) is 2. The third-order valence-electron chi connectivity index (χ3n) is 3.17. The first-order valence-electron chi connectivity index (χ1n) is 7.16. The first kappa shape index (κ1) is 19.4. The maximum absolute atomic E-state index is 11.7. The largest absolute Gasteiger partial charge is 0.494 e. The molecule has 0 unspecified atom stereocenters. The van der Waals surface area contributed by atoms with E-state index in [1.54, 1.807) is 6.92 Å². The lowest BCUT2D eigenvalue weighted by Crippen LogP contribution is -2.18. The standard InChI is InChI=1S/C16H20N2O3S.ClH/c1-4-21-14-7-5-13(6-8-14)17-16-18(9-10-19)11(2)15(22-16)12(3)20;/h5-8,19H,4,9-10H2,1-3H3;1H/b17-16+;. The summed E-state index contributed by atoms with van der Waals surface area (Å²) in [5.74, 6) is 0.818. The van der Waals surface area contributed by atoms with Crippen LogP contribution in [0.4, 0.5) is 5.69 Å². The maximum Gasteiger partial charge on any atom is 0.190 e. The minimum absolute atomic E-state index is 0. The minimum atomic E-state index is 0. The minimum Gasteiger partial charge on any atom is -0.494 e. The van der Waals surface area contributed by atoms with Gasteiger partial charge in [-0.25, -0.2) is 4.99 Å². The molecule has 126 valence electrons. The lowest BCUT2D eigenvalue weighted by molar-refractivity contribution is 0.102. The molecule has 0 saturated carbocycles. The predicted octanol–water partition coefficient (Wildman–Crippen LogP) is 3.11. The van der Waals surface area contributed by atoms with Crippen molar-refractivity contribution in [1.82, 2.24) is 4.57 Å². The molecular weight excluding hydrogens is 336 g/mol. The number of benzene rings is 1. The number of hydrogen-bond acceptors (Lipinski definition) is 5. The number of aromatic nitrogens is 1. The summed E-state index contributed by atoms with van der Waals surface area (Å²) in [4.78, 5) is 17.7. The fourth-order valence-electron chi connectivity index (χ4n) is 2.15. The van der Waals surface area contributed by atoms with Crippen LogP contribution in [0.15, 0.2) is 29.3 Å². The highest BCUT2D eigenvalue weighted by atomic mass is 35.5. The van der Waals surface area contributed by atoms with E-state index in [2.05, 4.69) is 4.99 Å². The van der Waals surface area contributed by atoms with Crippen LogP contribution in [-0.4, -0.2) is 28.7 Å². The molecule has 1 heterocycles. The van der Waals surface area contributed by atoms with Crippen LogP contribution >= 0.6 is 23.7 Å². The van der Waals surface area contributed by atoms with Gasteiger partial charge in [-0.1, -0.05) is 11.3 Å². The van der Waals surface area contributed by atoms with Crippen LogP contribution in [0.3, 0.4) is 0 Å². The van der Waals surface area contributed by atoms with Gasteiger partial charge in [0.15, 0.2) is 10.6 Å². The molecule has 7 heteroatoms. The molecule has 0 radical (unpaired) electrons. The average molecular weight is 357 g/mol. The zero-order valence-electron chi connectivity index (χ0n) is 13.4. The second-order valence-electron chi connectivity index (χ2n) is 4.77. The summed E-state index contributed by atoms with van der Waals surface area (Å²) in [6, 6.07) is 7.48. The summed E-state index contributed by atoms with van der Waals surface area (Å²) in [6.07, 6.45) is 0. The smallest absolute Gasteiger partial charge is 0.190 e. The molecule has 2 aromatic rings. The van der Waals surface area contributed by atoms with Crippen molar-refractivity contribution in [3.63, 3.8) is 0 Å². The Labute approximate surface area is 145 Å². The maximum atomic E-state index is 11.7. The van der Waals surface area contributed by atoms with E-state index in [1.165, 1.54) is 11.3 Å². The molecule has 0 amide bonds. The van der Waals surface area contributed by atoms with E-state index >= 15 is 0 Å². The van der Waals surface area contributed by atoms with Crippen molar-refractivity contribution in [3.05, 3.63) is 39.6 Å². The van der Waals surface area contributed by atoms with Gasteiger partial charge in [0.1, 0.15) is 5.75 Å². The number of hydrogen-bond donors (Lipinski definition) is 1. The Morgan fingerprint density at radius 1 is 1.35 bits per heavy atom. The number of halogens is 1. The molecule has 23 heavy (non-hydrogen) atoms. The van der Waals surface area contributed by atoms with Gasteiger partial charge in [0.2, 0.25) is 0 Å². The van der Waals surface area contributed by atoms with Gasteiger partial charge in [-0.15, -0.1) is 12.4 Å². The van der Waals surface area contributed by atoms with Gasteiger partial charge in [0.05, 0.1) is 23.8 Å². The topological polar surface area (TPSA) is 63.8 Å². The zero-order valence-corrected chi connectivity index (χ0v) is 15.0. The molecule has 0 saturated heterocycles. The number of Topliss-reactive ketones (excluding diaryl/α,β-unsaturated/α-hetero) is 1. The number of ketones is 1. The monoisotopic (exact) mass is 356 g/mol. The van der Waals surface area contributed by atoms with Crippen molar-refractivity contribution in [2.24, 2.45) is 4.99 Å². The van der Waals surface area contributed by atoms with Crippen molar-refractivity contribution >= 4 is 35.2 Å². The Balaban J connectivity index is 0.00000264. The van der Waals surface area contributed by atoms with E-state index < -0.39 is 0 Å². The second-order valence-corrected chi connectivity index (χ2v) is 5.75. The Morgan fingerprint density at radius 2 is 2.00 bits per heavy atom.